The first-order valence-corrected chi connectivity index (χ1v) is 22.5. The Morgan fingerprint density at radius 1 is 0.574 bits per heavy atom. The molecule has 0 aromatic heterocycles. The van der Waals surface area contributed by atoms with Gasteiger partial charge in [-0.05, 0) is 70.6 Å². The van der Waals surface area contributed by atoms with Gasteiger partial charge in [0.1, 0.15) is 12.6 Å². The fourth-order valence-corrected chi connectivity index (χ4v) is 6.28. The summed E-state index contributed by atoms with van der Waals surface area (Å²) in [4.78, 5) is 45.9. The highest BCUT2D eigenvalue weighted by Crippen LogP contribution is 2.43. The van der Waals surface area contributed by atoms with E-state index in [0.29, 0.717) is 12.8 Å². The molecule has 0 saturated heterocycles. The molecule has 11 nitrogen and oxygen atoms in total. The first-order chi connectivity index (χ1) is 26.1. The average Bonchev–Trinajstić information content (AvgIpc) is 3.14. The zero-order chi connectivity index (χ0) is 40.0. The topological polar surface area (TPSA) is 172 Å². The molecule has 0 fully saturated rings. The molecule has 3 atom stereocenters. The van der Waals surface area contributed by atoms with E-state index < -0.39 is 51.1 Å². The predicted octanol–water partition coefficient (Wildman–Crippen LogP) is 10.8. The second-order valence-corrected chi connectivity index (χ2v) is 15.6. The van der Waals surface area contributed by atoms with Crippen LogP contribution >= 0.6 is 7.82 Å². The van der Waals surface area contributed by atoms with Crippen LogP contribution in [0.15, 0.2) is 36.5 Å². The van der Waals surface area contributed by atoms with Crippen molar-refractivity contribution in [1.29, 1.82) is 0 Å². The number of ether oxygens (including phenoxy) is 2. The first-order valence-electron chi connectivity index (χ1n) is 21.0. The number of phosphoric acid groups is 1. The molecule has 0 aromatic rings. The molecule has 314 valence electrons. The highest BCUT2D eigenvalue weighted by molar-refractivity contribution is 7.47. The van der Waals surface area contributed by atoms with Crippen LogP contribution < -0.4 is 5.73 Å². The number of unbranched alkanes of at least 4 members (excludes halogenated alkanes) is 19. The first kappa shape index (κ1) is 51.7. The Balaban J connectivity index is 4.41. The second kappa shape index (κ2) is 37.6. The van der Waals surface area contributed by atoms with E-state index in [4.69, 9.17) is 24.8 Å². The SMILES string of the molecule is CCCCC/C=C\C/C=C\CCCCCCCCCC(=O)O[C@H](COC(=O)CCCCCCC/C=C\CCCCCC)COP(=O)(O)OC[C@H](N)C(=O)O. The number of esters is 2. The molecule has 0 aliphatic carbocycles. The maximum absolute atomic E-state index is 12.6. The van der Waals surface area contributed by atoms with E-state index in [1.165, 1.54) is 64.2 Å². The molecule has 0 radical (unpaired) electrons. The Morgan fingerprint density at radius 3 is 1.50 bits per heavy atom. The van der Waals surface area contributed by atoms with Crippen LogP contribution in [0.3, 0.4) is 0 Å². The van der Waals surface area contributed by atoms with Gasteiger partial charge >= 0.3 is 25.7 Å². The molecule has 0 spiro atoms. The Kier molecular flexibility index (Phi) is 36.0. The number of carboxylic acid groups (broad SMARTS) is 1. The number of carbonyl (C=O) groups excluding carboxylic acids is 2. The van der Waals surface area contributed by atoms with Gasteiger partial charge in [-0.2, -0.15) is 0 Å². The van der Waals surface area contributed by atoms with Crippen molar-refractivity contribution in [1.82, 2.24) is 0 Å². The summed E-state index contributed by atoms with van der Waals surface area (Å²) in [5.41, 5.74) is 5.32. The second-order valence-electron chi connectivity index (χ2n) is 14.1. The van der Waals surface area contributed by atoms with Gasteiger partial charge in [-0.15, -0.1) is 0 Å². The highest BCUT2D eigenvalue weighted by atomic mass is 31.2. The van der Waals surface area contributed by atoms with Crippen molar-refractivity contribution < 1.29 is 47.5 Å². The van der Waals surface area contributed by atoms with Crippen molar-refractivity contribution in [2.75, 3.05) is 19.8 Å². The number of phosphoric ester groups is 1. The quantitative estimate of drug-likeness (QED) is 0.0234. The lowest BCUT2D eigenvalue weighted by Crippen LogP contribution is -2.34. The zero-order valence-electron chi connectivity index (χ0n) is 33.8. The summed E-state index contributed by atoms with van der Waals surface area (Å²) >= 11 is 0. The van der Waals surface area contributed by atoms with Gasteiger partial charge in [-0.3, -0.25) is 23.4 Å². The minimum atomic E-state index is -4.72. The summed E-state index contributed by atoms with van der Waals surface area (Å²) in [5, 5.41) is 8.88. The minimum absolute atomic E-state index is 0.151. The van der Waals surface area contributed by atoms with Crippen molar-refractivity contribution in [2.24, 2.45) is 5.73 Å². The van der Waals surface area contributed by atoms with Crippen LogP contribution in [0.4, 0.5) is 0 Å². The molecule has 0 rings (SSSR count). The van der Waals surface area contributed by atoms with E-state index in [1.54, 1.807) is 0 Å². The van der Waals surface area contributed by atoms with Crippen LogP contribution in [0.5, 0.6) is 0 Å². The maximum atomic E-state index is 12.6. The number of rotatable bonds is 39. The Morgan fingerprint density at radius 2 is 0.981 bits per heavy atom. The summed E-state index contributed by atoms with van der Waals surface area (Å²) < 4.78 is 32.6. The van der Waals surface area contributed by atoms with Crippen LogP contribution in [0.1, 0.15) is 181 Å². The van der Waals surface area contributed by atoms with Crippen LogP contribution in [0.2, 0.25) is 0 Å². The third-order valence-corrected chi connectivity index (χ3v) is 9.81. The molecule has 0 aromatic carbocycles. The summed E-state index contributed by atoms with van der Waals surface area (Å²) in [6.07, 6.45) is 39.2. The molecular weight excluding hydrogens is 709 g/mol. The molecule has 0 bridgehead atoms. The van der Waals surface area contributed by atoms with E-state index in [2.05, 4.69) is 54.8 Å². The highest BCUT2D eigenvalue weighted by Gasteiger charge is 2.28. The molecule has 0 aliphatic rings. The van der Waals surface area contributed by atoms with Gasteiger partial charge in [-0.1, -0.05) is 134 Å². The number of aliphatic carboxylic acids is 1. The van der Waals surface area contributed by atoms with Gasteiger partial charge in [-0.25, -0.2) is 4.57 Å². The van der Waals surface area contributed by atoms with Gasteiger partial charge in [0.05, 0.1) is 13.2 Å². The Labute approximate surface area is 327 Å². The number of hydrogen-bond acceptors (Lipinski definition) is 9. The molecule has 12 heteroatoms. The fraction of sp³-hybridized carbons (Fsp3) is 0.786. The molecule has 0 amide bonds. The molecule has 4 N–H and O–H groups in total. The van der Waals surface area contributed by atoms with Crippen molar-refractivity contribution in [3.8, 4) is 0 Å². The van der Waals surface area contributed by atoms with E-state index in [0.717, 1.165) is 77.0 Å². The van der Waals surface area contributed by atoms with Crippen LogP contribution in [0.25, 0.3) is 0 Å². The number of hydrogen-bond donors (Lipinski definition) is 3. The standard InChI is InChI=1S/C42H76NO10P/c1-3-5-7-9-11-13-15-17-18-19-20-22-24-26-28-30-32-34-41(45)53-38(36-51-54(48,49)52-37-39(43)42(46)47)35-50-40(44)33-31-29-27-25-23-21-16-14-12-10-8-6-4-2/h11,13-14,16-18,38-39H,3-10,12,15,19-37,43H2,1-2H3,(H,46,47)(H,48,49)/b13-11-,16-14-,18-17-/t38-,39+/m1/s1. The third-order valence-electron chi connectivity index (χ3n) is 8.86. The Hall–Kier alpha value is -2.30. The monoisotopic (exact) mass is 786 g/mol. The molecule has 0 aliphatic heterocycles. The lowest BCUT2D eigenvalue weighted by molar-refractivity contribution is -0.161. The number of carbonyl (C=O) groups is 3. The predicted molar refractivity (Wildman–Crippen MR) is 217 cm³/mol. The fourth-order valence-electron chi connectivity index (χ4n) is 5.50. The summed E-state index contributed by atoms with van der Waals surface area (Å²) in [6.45, 7) is 2.74. The normalized spacial score (nSPS) is 14.1. The van der Waals surface area contributed by atoms with Gasteiger partial charge < -0.3 is 25.2 Å². The average molecular weight is 786 g/mol. The molecule has 0 heterocycles. The smallest absolute Gasteiger partial charge is 0.472 e. The third kappa shape index (κ3) is 36.7. The lowest BCUT2D eigenvalue weighted by Gasteiger charge is -2.20. The number of carboxylic acids is 1. The van der Waals surface area contributed by atoms with E-state index >= 15 is 0 Å². The van der Waals surface area contributed by atoms with Crippen molar-refractivity contribution in [2.45, 2.75) is 193 Å². The zero-order valence-corrected chi connectivity index (χ0v) is 34.7. The van der Waals surface area contributed by atoms with Crippen molar-refractivity contribution >= 4 is 25.7 Å². The summed E-state index contributed by atoms with van der Waals surface area (Å²) in [5.74, 6) is -2.40. The van der Waals surface area contributed by atoms with Crippen LogP contribution in [-0.2, 0) is 37.5 Å². The van der Waals surface area contributed by atoms with Gasteiger partial charge in [0.2, 0.25) is 0 Å². The van der Waals surface area contributed by atoms with Crippen LogP contribution in [0, 0.1) is 0 Å². The lowest BCUT2D eigenvalue weighted by atomic mass is 10.1. The number of nitrogens with two attached hydrogens (primary N) is 1. The van der Waals surface area contributed by atoms with Gasteiger partial charge in [0.15, 0.2) is 6.10 Å². The van der Waals surface area contributed by atoms with Gasteiger partial charge in [0.25, 0.3) is 0 Å². The van der Waals surface area contributed by atoms with Crippen molar-refractivity contribution in [3.05, 3.63) is 36.5 Å². The molecule has 0 saturated carbocycles. The van der Waals surface area contributed by atoms with E-state index in [1.807, 2.05) is 0 Å². The molecule has 1 unspecified atom stereocenters. The summed E-state index contributed by atoms with van der Waals surface area (Å²) in [6, 6.07) is -1.52. The largest absolute Gasteiger partial charge is 0.480 e. The summed E-state index contributed by atoms with van der Waals surface area (Å²) in [7, 11) is -4.72. The molecular formula is C42H76NO10P. The van der Waals surface area contributed by atoms with E-state index in [-0.39, 0.29) is 19.4 Å². The Bertz CT molecular complexity index is 1060. The van der Waals surface area contributed by atoms with Crippen molar-refractivity contribution in [3.63, 3.8) is 0 Å². The maximum Gasteiger partial charge on any atom is 0.472 e. The van der Waals surface area contributed by atoms with Crippen LogP contribution in [-0.4, -0.2) is 59.9 Å². The van der Waals surface area contributed by atoms with Gasteiger partial charge in [0, 0.05) is 12.8 Å². The number of allylic oxidation sites excluding steroid dienone is 6. The molecule has 54 heavy (non-hydrogen) atoms. The van der Waals surface area contributed by atoms with E-state index in [9.17, 15) is 23.8 Å². The minimum Gasteiger partial charge on any atom is -0.480 e.